The molecule has 0 amide bonds. The molecular weight excluding hydrogens is 229 g/mol. The predicted molar refractivity (Wildman–Crippen MR) is 59.9 cm³/mol. The van der Waals surface area contributed by atoms with Crippen LogP contribution < -0.4 is 4.90 Å². The van der Waals surface area contributed by atoms with E-state index in [0.717, 1.165) is 38.2 Å². The van der Waals surface area contributed by atoms with Gasteiger partial charge in [0.25, 0.3) is 0 Å². The Morgan fingerprint density at radius 3 is 2.12 bits per heavy atom. The zero-order valence-corrected chi connectivity index (χ0v) is 9.50. The van der Waals surface area contributed by atoms with Gasteiger partial charge in [-0.2, -0.15) is 13.2 Å². The maximum atomic E-state index is 12.4. The van der Waals surface area contributed by atoms with E-state index in [1.165, 1.54) is 18.9 Å². The third-order valence-electron chi connectivity index (χ3n) is 3.01. The molecule has 0 radical (unpaired) electrons. The summed E-state index contributed by atoms with van der Waals surface area (Å²) in [5, 5.41) is 0. The van der Waals surface area contributed by atoms with Gasteiger partial charge in [-0.1, -0.05) is 12.8 Å². The second kappa shape index (κ2) is 4.94. The minimum Gasteiger partial charge on any atom is -0.357 e. The van der Waals surface area contributed by atoms with Gasteiger partial charge in [0.2, 0.25) is 0 Å². The highest BCUT2D eigenvalue weighted by Gasteiger charge is 2.30. The molecule has 1 aliphatic rings. The van der Waals surface area contributed by atoms with E-state index in [2.05, 4.69) is 9.88 Å². The summed E-state index contributed by atoms with van der Waals surface area (Å²) in [6.45, 7) is 1.77. The Labute approximate surface area is 98.5 Å². The van der Waals surface area contributed by atoms with Gasteiger partial charge in [0, 0.05) is 19.3 Å². The Morgan fingerprint density at radius 2 is 1.65 bits per heavy atom. The minimum atomic E-state index is -4.30. The van der Waals surface area contributed by atoms with Gasteiger partial charge in [-0.3, -0.25) is 0 Å². The van der Waals surface area contributed by atoms with E-state index in [1.54, 1.807) is 0 Å². The van der Waals surface area contributed by atoms with Crippen LogP contribution in [0.3, 0.4) is 0 Å². The standard InChI is InChI=1S/C12H15F3N2/c13-12(14,15)10-5-6-11(16-9-10)17-7-3-1-2-4-8-17/h5-6,9H,1-4,7-8H2. The lowest BCUT2D eigenvalue weighted by Gasteiger charge is -2.21. The highest BCUT2D eigenvalue weighted by atomic mass is 19.4. The second-order valence-electron chi connectivity index (χ2n) is 4.30. The third-order valence-corrected chi connectivity index (χ3v) is 3.01. The quantitative estimate of drug-likeness (QED) is 0.751. The Kier molecular flexibility index (Phi) is 3.54. The van der Waals surface area contributed by atoms with E-state index in [1.807, 2.05) is 0 Å². The number of alkyl halides is 3. The van der Waals surface area contributed by atoms with Crippen molar-refractivity contribution in [1.29, 1.82) is 0 Å². The van der Waals surface area contributed by atoms with Crippen LogP contribution in [0.1, 0.15) is 31.2 Å². The van der Waals surface area contributed by atoms with Crippen molar-refractivity contribution in [3.8, 4) is 0 Å². The van der Waals surface area contributed by atoms with Gasteiger partial charge in [0.15, 0.2) is 0 Å². The third kappa shape index (κ3) is 3.11. The first-order valence-electron chi connectivity index (χ1n) is 5.85. The number of aromatic nitrogens is 1. The fourth-order valence-electron chi connectivity index (χ4n) is 2.04. The van der Waals surface area contributed by atoms with Crippen molar-refractivity contribution in [2.45, 2.75) is 31.9 Å². The number of hydrogen-bond acceptors (Lipinski definition) is 2. The summed E-state index contributed by atoms with van der Waals surface area (Å²) in [5.74, 6) is 0.653. The average Bonchev–Trinajstić information content (AvgIpc) is 2.56. The van der Waals surface area contributed by atoms with E-state index >= 15 is 0 Å². The van der Waals surface area contributed by atoms with Crippen molar-refractivity contribution in [3.05, 3.63) is 23.9 Å². The van der Waals surface area contributed by atoms with Crippen LogP contribution in [-0.4, -0.2) is 18.1 Å². The van der Waals surface area contributed by atoms with Gasteiger partial charge in [0.1, 0.15) is 5.82 Å². The van der Waals surface area contributed by atoms with E-state index in [9.17, 15) is 13.2 Å². The van der Waals surface area contributed by atoms with E-state index in [-0.39, 0.29) is 0 Å². The minimum absolute atomic E-state index is 0.653. The molecular formula is C12H15F3N2. The summed E-state index contributed by atoms with van der Waals surface area (Å²) in [4.78, 5) is 5.98. The molecule has 1 aromatic rings. The molecule has 1 saturated heterocycles. The number of rotatable bonds is 1. The van der Waals surface area contributed by atoms with Crippen LogP contribution in [0.4, 0.5) is 19.0 Å². The van der Waals surface area contributed by atoms with Gasteiger partial charge in [-0.05, 0) is 25.0 Å². The number of pyridine rings is 1. The molecule has 0 bridgehead atoms. The fourth-order valence-corrected chi connectivity index (χ4v) is 2.04. The van der Waals surface area contributed by atoms with Gasteiger partial charge < -0.3 is 4.90 Å². The Balaban J connectivity index is 2.11. The monoisotopic (exact) mass is 244 g/mol. The van der Waals surface area contributed by atoms with Crippen LogP contribution in [0.2, 0.25) is 0 Å². The zero-order valence-electron chi connectivity index (χ0n) is 9.50. The molecule has 0 atom stereocenters. The molecule has 5 heteroatoms. The first-order valence-corrected chi connectivity index (χ1v) is 5.85. The van der Waals surface area contributed by atoms with Crippen LogP contribution in [0.5, 0.6) is 0 Å². The molecule has 94 valence electrons. The van der Waals surface area contributed by atoms with Crippen LogP contribution in [0.15, 0.2) is 18.3 Å². The summed E-state index contributed by atoms with van der Waals surface area (Å²) in [6.07, 6.45) is 1.17. The molecule has 0 aromatic carbocycles. The van der Waals surface area contributed by atoms with Crippen LogP contribution in [0, 0.1) is 0 Å². The van der Waals surface area contributed by atoms with Crippen LogP contribution in [0.25, 0.3) is 0 Å². The average molecular weight is 244 g/mol. The molecule has 2 rings (SSSR count). The summed E-state index contributed by atoms with van der Waals surface area (Å²) in [6, 6.07) is 2.57. The highest BCUT2D eigenvalue weighted by molar-refractivity contribution is 5.39. The first-order chi connectivity index (χ1) is 8.07. The summed E-state index contributed by atoms with van der Waals surface area (Å²) < 4.78 is 37.1. The highest BCUT2D eigenvalue weighted by Crippen LogP contribution is 2.29. The second-order valence-corrected chi connectivity index (χ2v) is 4.30. The molecule has 0 spiro atoms. The van der Waals surface area contributed by atoms with Crippen LogP contribution >= 0.6 is 0 Å². The van der Waals surface area contributed by atoms with Gasteiger partial charge in [-0.25, -0.2) is 4.98 Å². The molecule has 1 aliphatic heterocycles. The topological polar surface area (TPSA) is 16.1 Å². The van der Waals surface area contributed by atoms with Crippen molar-refractivity contribution in [1.82, 2.24) is 4.98 Å². The Hall–Kier alpha value is -1.26. The molecule has 0 aliphatic carbocycles. The molecule has 2 heterocycles. The predicted octanol–water partition coefficient (Wildman–Crippen LogP) is 3.48. The van der Waals surface area contributed by atoms with E-state index < -0.39 is 11.7 Å². The molecule has 2 nitrogen and oxygen atoms in total. The smallest absolute Gasteiger partial charge is 0.357 e. The van der Waals surface area contributed by atoms with Crippen molar-refractivity contribution in [2.75, 3.05) is 18.0 Å². The Bertz CT molecular complexity index is 351. The Morgan fingerprint density at radius 1 is 1.00 bits per heavy atom. The zero-order chi connectivity index (χ0) is 12.3. The van der Waals surface area contributed by atoms with E-state index in [4.69, 9.17) is 0 Å². The number of halogens is 3. The SMILES string of the molecule is FC(F)(F)c1ccc(N2CCCCCC2)nc1. The summed E-state index contributed by atoms with van der Waals surface area (Å²) >= 11 is 0. The van der Waals surface area contributed by atoms with Gasteiger partial charge >= 0.3 is 6.18 Å². The molecule has 0 unspecified atom stereocenters. The van der Waals surface area contributed by atoms with Crippen LogP contribution in [-0.2, 0) is 6.18 Å². The number of nitrogens with zero attached hydrogens (tertiary/aromatic N) is 2. The lowest BCUT2D eigenvalue weighted by molar-refractivity contribution is -0.137. The largest absolute Gasteiger partial charge is 0.417 e. The lowest BCUT2D eigenvalue weighted by atomic mass is 10.2. The normalized spacial score (nSPS) is 17.9. The number of hydrogen-bond donors (Lipinski definition) is 0. The van der Waals surface area contributed by atoms with Gasteiger partial charge in [-0.15, -0.1) is 0 Å². The molecule has 17 heavy (non-hydrogen) atoms. The first kappa shape index (κ1) is 12.2. The summed E-state index contributed by atoms with van der Waals surface area (Å²) in [5.41, 5.74) is -0.684. The van der Waals surface area contributed by atoms with Crippen molar-refractivity contribution >= 4 is 5.82 Å². The van der Waals surface area contributed by atoms with Crippen molar-refractivity contribution < 1.29 is 13.2 Å². The summed E-state index contributed by atoms with van der Waals surface area (Å²) in [7, 11) is 0. The van der Waals surface area contributed by atoms with Crippen molar-refractivity contribution in [2.24, 2.45) is 0 Å². The maximum Gasteiger partial charge on any atom is 0.417 e. The fraction of sp³-hybridized carbons (Fsp3) is 0.583. The lowest BCUT2D eigenvalue weighted by Crippen LogP contribution is -2.25. The van der Waals surface area contributed by atoms with E-state index in [0.29, 0.717) is 5.82 Å². The molecule has 0 N–H and O–H groups in total. The molecule has 0 saturated carbocycles. The maximum absolute atomic E-state index is 12.4. The van der Waals surface area contributed by atoms with Gasteiger partial charge in [0.05, 0.1) is 5.56 Å². The molecule has 1 aromatic heterocycles. The number of anilines is 1. The molecule has 1 fully saturated rings. The van der Waals surface area contributed by atoms with Crippen molar-refractivity contribution in [3.63, 3.8) is 0 Å².